The van der Waals surface area contributed by atoms with Gasteiger partial charge in [-0.3, -0.25) is 9.69 Å². The highest BCUT2D eigenvalue weighted by atomic mass is 35.5. The van der Waals surface area contributed by atoms with Gasteiger partial charge in [-0.05, 0) is 29.8 Å². The van der Waals surface area contributed by atoms with Crippen LogP contribution in [0, 0.1) is 0 Å². The highest BCUT2D eigenvalue weighted by Gasteiger charge is 2.21. The molecule has 0 amide bonds. The van der Waals surface area contributed by atoms with Crippen LogP contribution < -0.4 is 19.8 Å². The van der Waals surface area contributed by atoms with Crippen LogP contribution in [0.4, 0.5) is 5.69 Å². The minimum atomic E-state index is -0.610. The number of methoxy groups -OCH3 is 2. The van der Waals surface area contributed by atoms with Crippen LogP contribution in [0.5, 0.6) is 11.5 Å². The number of piperazine rings is 1. The third-order valence-corrected chi connectivity index (χ3v) is 4.91. The van der Waals surface area contributed by atoms with Crippen LogP contribution in [-0.2, 0) is 0 Å². The zero-order chi connectivity index (χ0) is 19.2. The number of β-amino-alcohol motifs (C(OH)–C–C–N with tert-alkyl or cyclic N) is 1. The first-order valence-electron chi connectivity index (χ1n) is 9.09. The molecular formula is C21H27ClN2O4. The molecule has 2 aromatic rings. The molecule has 2 aromatic carbocycles. The summed E-state index contributed by atoms with van der Waals surface area (Å²) in [5, 5.41) is 10.6. The van der Waals surface area contributed by atoms with Gasteiger partial charge in [-0.2, -0.15) is 0 Å². The lowest BCUT2D eigenvalue weighted by molar-refractivity contribution is 0.109. The van der Waals surface area contributed by atoms with E-state index in [2.05, 4.69) is 9.80 Å². The Hall–Kier alpha value is -2.28. The van der Waals surface area contributed by atoms with Gasteiger partial charge in [0.1, 0.15) is 0 Å². The van der Waals surface area contributed by atoms with E-state index in [1.807, 2.05) is 30.3 Å². The minimum absolute atomic E-state index is 0. The summed E-state index contributed by atoms with van der Waals surface area (Å²) in [6.45, 7) is 3.65. The van der Waals surface area contributed by atoms with Crippen molar-refractivity contribution in [3.05, 3.63) is 64.3 Å². The Morgan fingerprint density at radius 2 is 1.64 bits per heavy atom. The van der Waals surface area contributed by atoms with Crippen molar-refractivity contribution in [1.29, 1.82) is 0 Å². The summed E-state index contributed by atoms with van der Waals surface area (Å²) in [5.74, 6) is 1.25. The maximum Gasteiger partial charge on any atom is 0.201 e. The fourth-order valence-electron chi connectivity index (χ4n) is 3.36. The Labute approximate surface area is 171 Å². The van der Waals surface area contributed by atoms with Crippen molar-refractivity contribution in [3.8, 4) is 11.5 Å². The summed E-state index contributed by atoms with van der Waals surface area (Å²) in [6.07, 6.45) is -0.610. The highest BCUT2D eigenvalue weighted by molar-refractivity contribution is 5.85. The van der Waals surface area contributed by atoms with Crippen molar-refractivity contribution in [2.24, 2.45) is 0 Å². The molecule has 1 heterocycles. The first-order valence-corrected chi connectivity index (χ1v) is 9.09. The molecule has 0 radical (unpaired) electrons. The molecule has 6 nitrogen and oxygen atoms in total. The first kappa shape index (κ1) is 22.0. The summed E-state index contributed by atoms with van der Waals surface area (Å²) in [6, 6.07) is 14.5. The lowest BCUT2D eigenvalue weighted by Crippen LogP contribution is -2.48. The van der Waals surface area contributed by atoms with E-state index in [0.717, 1.165) is 37.4 Å². The summed E-state index contributed by atoms with van der Waals surface area (Å²) < 4.78 is 10.6. The van der Waals surface area contributed by atoms with Crippen LogP contribution in [0.15, 0.2) is 53.3 Å². The van der Waals surface area contributed by atoms with Gasteiger partial charge >= 0.3 is 0 Å². The average molecular weight is 407 g/mol. The molecular weight excluding hydrogens is 380 g/mol. The normalized spacial score (nSPS) is 15.5. The van der Waals surface area contributed by atoms with Crippen molar-refractivity contribution in [2.75, 3.05) is 51.8 Å². The molecule has 1 N–H and O–H groups in total. The van der Waals surface area contributed by atoms with Gasteiger partial charge in [-0.25, -0.2) is 0 Å². The maximum atomic E-state index is 12.2. The molecule has 0 saturated carbocycles. The van der Waals surface area contributed by atoms with E-state index in [0.29, 0.717) is 18.0 Å². The van der Waals surface area contributed by atoms with Crippen LogP contribution in [0.25, 0.3) is 0 Å². The molecule has 1 aliphatic rings. The molecule has 0 aliphatic carbocycles. The van der Waals surface area contributed by atoms with E-state index in [-0.39, 0.29) is 17.8 Å². The minimum Gasteiger partial charge on any atom is -0.493 e. The van der Waals surface area contributed by atoms with Gasteiger partial charge in [0.25, 0.3) is 0 Å². The highest BCUT2D eigenvalue weighted by Crippen LogP contribution is 2.30. The summed E-state index contributed by atoms with van der Waals surface area (Å²) >= 11 is 0. The number of benzene rings is 1. The molecule has 152 valence electrons. The van der Waals surface area contributed by atoms with E-state index in [9.17, 15) is 9.90 Å². The SMILES string of the molecule is COc1ccc(C(O)CN2CCN(c3cccccc3=O)CC2)cc1OC.Cl. The molecule has 0 bridgehead atoms. The van der Waals surface area contributed by atoms with Gasteiger partial charge < -0.3 is 19.5 Å². The topological polar surface area (TPSA) is 62.2 Å². The predicted molar refractivity (Wildman–Crippen MR) is 113 cm³/mol. The number of hydrogen-bond donors (Lipinski definition) is 1. The van der Waals surface area contributed by atoms with E-state index < -0.39 is 6.10 Å². The monoisotopic (exact) mass is 406 g/mol. The third-order valence-electron chi connectivity index (χ3n) is 4.91. The number of rotatable bonds is 6. The lowest BCUT2D eigenvalue weighted by Gasteiger charge is -2.36. The number of anilines is 1. The van der Waals surface area contributed by atoms with Crippen LogP contribution in [0.3, 0.4) is 0 Å². The Bertz CT molecular complexity index is 825. The number of aliphatic hydroxyl groups is 1. The smallest absolute Gasteiger partial charge is 0.201 e. The maximum absolute atomic E-state index is 12.2. The van der Waals surface area contributed by atoms with Crippen LogP contribution in [0.2, 0.25) is 0 Å². The van der Waals surface area contributed by atoms with Crippen molar-refractivity contribution < 1.29 is 14.6 Å². The fourth-order valence-corrected chi connectivity index (χ4v) is 3.36. The summed E-state index contributed by atoms with van der Waals surface area (Å²) in [4.78, 5) is 16.5. The Balaban J connectivity index is 0.00000280. The number of hydrogen-bond acceptors (Lipinski definition) is 6. The third kappa shape index (κ3) is 5.16. The van der Waals surface area contributed by atoms with Crippen molar-refractivity contribution >= 4 is 18.1 Å². The number of aliphatic hydroxyl groups excluding tert-OH is 1. The zero-order valence-electron chi connectivity index (χ0n) is 16.2. The Morgan fingerprint density at radius 1 is 0.964 bits per heavy atom. The van der Waals surface area contributed by atoms with Gasteiger partial charge in [-0.15, -0.1) is 12.4 Å². The predicted octanol–water partition coefficient (Wildman–Crippen LogP) is 2.34. The second kappa shape index (κ2) is 10.3. The molecule has 0 aromatic heterocycles. The van der Waals surface area contributed by atoms with Crippen molar-refractivity contribution in [1.82, 2.24) is 4.90 Å². The quantitative estimate of drug-likeness (QED) is 0.794. The lowest BCUT2D eigenvalue weighted by atomic mass is 10.1. The molecule has 1 aliphatic heterocycles. The van der Waals surface area contributed by atoms with E-state index in [1.165, 1.54) is 0 Å². The van der Waals surface area contributed by atoms with Gasteiger partial charge in [0.2, 0.25) is 5.43 Å². The fraction of sp³-hybridized carbons (Fsp3) is 0.381. The summed E-state index contributed by atoms with van der Waals surface area (Å²) in [5.41, 5.74) is 1.57. The van der Waals surface area contributed by atoms with Gasteiger partial charge in [-0.1, -0.05) is 24.3 Å². The van der Waals surface area contributed by atoms with E-state index >= 15 is 0 Å². The zero-order valence-corrected chi connectivity index (χ0v) is 17.0. The molecule has 3 rings (SSSR count). The van der Waals surface area contributed by atoms with Crippen LogP contribution in [0.1, 0.15) is 11.7 Å². The molecule has 1 fully saturated rings. The standard InChI is InChI=1S/C21H26N2O4.ClH/c1-26-20-9-8-16(14-21(20)27-2)19(25)15-22-10-12-23(13-11-22)17-6-4-3-5-7-18(17)24;/h3-9,14,19,25H,10-13,15H2,1-2H3;1H. The van der Waals surface area contributed by atoms with Gasteiger partial charge in [0.15, 0.2) is 11.5 Å². The van der Waals surface area contributed by atoms with Crippen LogP contribution in [-0.4, -0.2) is 56.9 Å². The molecule has 28 heavy (non-hydrogen) atoms. The molecule has 0 spiro atoms. The van der Waals surface area contributed by atoms with Crippen LogP contribution >= 0.6 is 12.4 Å². The Kier molecular flexibility index (Phi) is 8.11. The molecule has 1 atom stereocenters. The van der Waals surface area contributed by atoms with Crippen molar-refractivity contribution in [2.45, 2.75) is 6.10 Å². The number of nitrogens with zero attached hydrogens (tertiary/aromatic N) is 2. The average Bonchev–Trinajstić information content (AvgIpc) is 2.92. The largest absolute Gasteiger partial charge is 0.493 e. The summed E-state index contributed by atoms with van der Waals surface area (Å²) in [7, 11) is 3.18. The second-order valence-corrected chi connectivity index (χ2v) is 6.58. The van der Waals surface area contributed by atoms with Gasteiger partial charge in [0.05, 0.1) is 26.0 Å². The van der Waals surface area contributed by atoms with E-state index in [1.54, 1.807) is 32.4 Å². The van der Waals surface area contributed by atoms with Gasteiger partial charge in [0, 0.05) is 32.7 Å². The molecule has 7 heteroatoms. The Morgan fingerprint density at radius 3 is 2.32 bits per heavy atom. The first-order chi connectivity index (χ1) is 13.1. The molecule has 1 saturated heterocycles. The van der Waals surface area contributed by atoms with Crippen molar-refractivity contribution in [3.63, 3.8) is 0 Å². The molecule has 1 unspecified atom stereocenters. The number of halogens is 1. The van der Waals surface area contributed by atoms with E-state index in [4.69, 9.17) is 9.47 Å². The second-order valence-electron chi connectivity index (χ2n) is 6.58. The number of ether oxygens (including phenoxy) is 2.